The Balaban J connectivity index is 1.83. The van der Waals surface area contributed by atoms with Gasteiger partial charge in [0.25, 0.3) is 11.5 Å². The Kier molecular flexibility index (Phi) is 4.91. The Morgan fingerprint density at radius 1 is 1.03 bits per heavy atom. The van der Waals surface area contributed by atoms with Crippen molar-refractivity contribution in [2.45, 2.75) is 6.54 Å². The van der Waals surface area contributed by atoms with Crippen LogP contribution < -0.4 is 10.5 Å². The lowest BCUT2D eigenvalue weighted by Crippen LogP contribution is -2.35. The van der Waals surface area contributed by atoms with Crippen molar-refractivity contribution in [2.24, 2.45) is 0 Å². The van der Waals surface area contributed by atoms with E-state index in [0.29, 0.717) is 16.7 Å². The highest BCUT2D eigenvalue weighted by Gasteiger charge is 2.20. The highest BCUT2D eigenvalue weighted by molar-refractivity contribution is 6.06. The predicted octanol–water partition coefficient (Wildman–Crippen LogP) is 3.86. The van der Waals surface area contributed by atoms with Gasteiger partial charge in [-0.25, -0.2) is 9.37 Å². The molecule has 6 heteroatoms. The zero-order valence-corrected chi connectivity index (χ0v) is 15.7. The highest BCUT2D eigenvalue weighted by Crippen LogP contribution is 2.17. The van der Waals surface area contributed by atoms with Crippen LogP contribution in [0, 0.1) is 5.82 Å². The van der Waals surface area contributed by atoms with E-state index in [9.17, 15) is 14.0 Å². The molecule has 0 unspecified atom stereocenters. The standard InChI is InChI=1S/C23H18FN3O2/c1-26(19-7-3-2-4-8-19)22(28)20-14-17-6-5-13-25-21(17)27(23(20)29)15-16-9-11-18(24)12-10-16/h2-14H,15H2,1H3. The van der Waals surface area contributed by atoms with Gasteiger partial charge in [-0.1, -0.05) is 30.3 Å². The minimum Gasteiger partial charge on any atom is -0.311 e. The van der Waals surface area contributed by atoms with E-state index in [0.717, 1.165) is 5.56 Å². The molecule has 144 valence electrons. The molecule has 4 aromatic rings. The van der Waals surface area contributed by atoms with Crippen molar-refractivity contribution in [2.75, 3.05) is 11.9 Å². The summed E-state index contributed by atoms with van der Waals surface area (Å²) in [6.07, 6.45) is 1.60. The predicted molar refractivity (Wildman–Crippen MR) is 111 cm³/mol. The van der Waals surface area contributed by atoms with Gasteiger partial charge in [0.1, 0.15) is 17.0 Å². The van der Waals surface area contributed by atoms with Gasteiger partial charge >= 0.3 is 0 Å². The summed E-state index contributed by atoms with van der Waals surface area (Å²) in [4.78, 5) is 32.1. The van der Waals surface area contributed by atoms with Crippen LogP contribution in [0.25, 0.3) is 11.0 Å². The third-order valence-electron chi connectivity index (χ3n) is 4.78. The van der Waals surface area contributed by atoms with Crippen LogP contribution in [-0.4, -0.2) is 22.5 Å². The van der Waals surface area contributed by atoms with Crippen LogP contribution in [0.15, 0.2) is 83.8 Å². The number of aromatic nitrogens is 2. The number of amides is 1. The van der Waals surface area contributed by atoms with Gasteiger partial charge in [-0.3, -0.25) is 14.2 Å². The number of anilines is 1. The number of para-hydroxylation sites is 1. The first-order chi connectivity index (χ1) is 14.0. The van der Waals surface area contributed by atoms with E-state index in [1.165, 1.54) is 21.6 Å². The van der Waals surface area contributed by atoms with E-state index in [-0.39, 0.29) is 17.9 Å². The van der Waals surface area contributed by atoms with Crippen molar-refractivity contribution < 1.29 is 9.18 Å². The van der Waals surface area contributed by atoms with Gasteiger partial charge in [0.15, 0.2) is 0 Å². The van der Waals surface area contributed by atoms with Crippen LogP contribution in [0.3, 0.4) is 0 Å². The van der Waals surface area contributed by atoms with Crippen LogP contribution in [0.4, 0.5) is 10.1 Å². The van der Waals surface area contributed by atoms with Crippen molar-refractivity contribution in [3.05, 3.63) is 106 Å². The van der Waals surface area contributed by atoms with Crippen LogP contribution in [-0.2, 0) is 6.54 Å². The lowest BCUT2D eigenvalue weighted by atomic mass is 10.1. The largest absolute Gasteiger partial charge is 0.311 e. The summed E-state index contributed by atoms with van der Waals surface area (Å²) >= 11 is 0. The van der Waals surface area contributed by atoms with E-state index in [2.05, 4.69) is 4.98 Å². The number of rotatable bonds is 4. The molecule has 29 heavy (non-hydrogen) atoms. The van der Waals surface area contributed by atoms with E-state index < -0.39 is 11.5 Å². The number of hydrogen-bond donors (Lipinski definition) is 0. The Labute approximate surface area is 166 Å². The second-order valence-corrected chi connectivity index (χ2v) is 6.69. The van der Waals surface area contributed by atoms with Gasteiger partial charge < -0.3 is 4.90 Å². The van der Waals surface area contributed by atoms with Crippen molar-refractivity contribution in [1.29, 1.82) is 0 Å². The number of fused-ring (bicyclic) bond motifs is 1. The quantitative estimate of drug-likeness (QED) is 0.534. The summed E-state index contributed by atoms with van der Waals surface area (Å²) in [6.45, 7) is 0.183. The molecule has 0 bridgehead atoms. The molecule has 0 fully saturated rings. The third kappa shape index (κ3) is 3.65. The molecular formula is C23H18FN3O2. The SMILES string of the molecule is CN(C(=O)c1cc2cccnc2n(Cc2ccc(F)cc2)c1=O)c1ccccc1. The lowest BCUT2D eigenvalue weighted by Gasteiger charge is -2.18. The average molecular weight is 387 g/mol. The van der Waals surface area contributed by atoms with Gasteiger partial charge in [0.05, 0.1) is 6.54 Å². The summed E-state index contributed by atoms with van der Waals surface area (Å²) in [7, 11) is 1.63. The van der Waals surface area contributed by atoms with Gasteiger partial charge in [0, 0.05) is 24.3 Å². The molecule has 0 N–H and O–H groups in total. The minimum atomic E-state index is -0.437. The zero-order chi connectivity index (χ0) is 20.4. The Hall–Kier alpha value is -3.80. The summed E-state index contributed by atoms with van der Waals surface area (Å²) in [5.74, 6) is -0.752. The van der Waals surface area contributed by atoms with Gasteiger partial charge in [0.2, 0.25) is 0 Å². The van der Waals surface area contributed by atoms with Gasteiger partial charge in [-0.05, 0) is 48.0 Å². The fourth-order valence-corrected chi connectivity index (χ4v) is 3.23. The number of halogens is 1. The molecule has 0 spiro atoms. The molecule has 0 saturated heterocycles. The van der Waals surface area contributed by atoms with E-state index in [4.69, 9.17) is 0 Å². The zero-order valence-electron chi connectivity index (χ0n) is 15.7. The number of hydrogen-bond acceptors (Lipinski definition) is 3. The van der Waals surface area contributed by atoms with Gasteiger partial charge in [-0.15, -0.1) is 0 Å². The fraction of sp³-hybridized carbons (Fsp3) is 0.0870. The molecule has 5 nitrogen and oxygen atoms in total. The molecule has 2 aromatic heterocycles. The summed E-state index contributed by atoms with van der Waals surface area (Å²) < 4.78 is 14.7. The van der Waals surface area contributed by atoms with E-state index >= 15 is 0 Å². The fourth-order valence-electron chi connectivity index (χ4n) is 3.23. The first-order valence-electron chi connectivity index (χ1n) is 9.11. The van der Waals surface area contributed by atoms with Crippen molar-refractivity contribution in [1.82, 2.24) is 9.55 Å². The molecule has 0 aliphatic carbocycles. The van der Waals surface area contributed by atoms with Crippen LogP contribution in [0.2, 0.25) is 0 Å². The number of pyridine rings is 2. The number of carbonyl (C=O) groups is 1. The van der Waals surface area contributed by atoms with Crippen molar-refractivity contribution >= 4 is 22.6 Å². The maximum absolute atomic E-state index is 13.2. The third-order valence-corrected chi connectivity index (χ3v) is 4.78. The van der Waals surface area contributed by atoms with E-state index in [1.807, 2.05) is 24.3 Å². The summed E-state index contributed by atoms with van der Waals surface area (Å²) in [6, 6.07) is 20.2. The van der Waals surface area contributed by atoms with Gasteiger partial charge in [-0.2, -0.15) is 0 Å². The average Bonchev–Trinajstić information content (AvgIpc) is 2.76. The number of carbonyl (C=O) groups excluding carboxylic acids is 1. The molecule has 0 atom stereocenters. The normalized spacial score (nSPS) is 10.8. The first kappa shape index (κ1) is 18.6. The molecule has 1 amide bonds. The molecule has 4 rings (SSSR count). The number of benzene rings is 2. The number of nitrogens with zero attached hydrogens (tertiary/aromatic N) is 3. The smallest absolute Gasteiger partial charge is 0.265 e. The van der Waals surface area contributed by atoms with E-state index in [1.54, 1.807) is 49.6 Å². The Bertz CT molecular complexity index is 1230. The maximum atomic E-state index is 13.2. The molecule has 2 aromatic carbocycles. The second kappa shape index (κ2) is 7.67. The summed E-state index contributed by atoms with van der Waals surface area (Å²) in [5, 5.41) is 0.680. The van der Waals surface area contributed by atoms with Crippen LogP contribution in [0.1, 0.15) is 15.9 Å². The minimum absolute atomic E-state index is 0.0546. The molecule has 0 saturated carbocycles. The maximum Gasteiger partial charge on any atom is 0.265 e. The Morgan fingerprint density at radius 2 is 1.76 bits per heavy atom. The second-order valence-electron chi connectivity index (χ2n) is 6.69. The summed E-state index contributed by atoms with van der Waals surface area (Å²) in [5.41, 5.74) is 1.52. The first-order valence-corrected chi connectivity index (χ1v) is 9.11. The molecule has 2 heterocycles. The van der Waals surface area contributed by atoms with Crippen LogP contribution >= 0.6 is 0 Å². The van der Waals surface area contributed by atoms with Crippen molar-refractivity contribution in [3.63, 3.8) is 0 Å². The monoisotopic (exact) mass is 387 g/mol. The molecule has 0 radical (unpaired) electrons. The molecule has 0 aliphatic rings. The highest BCUT2D eigenvalue weighted by atomic mass is 19.1. The van der Waals surface area contributed by atoms with Crippen LogP contribution in [0.5, 0.6) is 0 Å². The van der Waals surface area contributed by atoms with Crippen molar-refractivity contribution in [3.8, 4) is 0 Å². The molecule has 0 aliphatic heterocycles. The lowest BCUT2D eigenvalue weighted by molar-refractivity contribution is 0.0991. The topological polar surface area (TPSA) is 55.2 Å². The Morgan fingerprint density at radius 3 is 2.48 bits per heavy atom. The molecular weight excluding hydrogens is 369 g/mol.